The Balaban J connectivity index is 1.94. The van der Waals surface area contributed by atoms with E-state index in [0.29, 0.717) is 6.54 Å². The number of benzene rings is 1. The van der Waals surface area contributed by atoms with Gasteiger partial charge in [-0.25, -0.2) is 13.1 Å². The van der Waals surface area contributed by atoms with E-state index in [0.717, 1.165) is 18.4 Å². The van der Waals surface area contributed by atoms with Crippen LogP contribution in [0.25, 0.3) is 0 Å². The van der Waals surface area contributed by atoms with Crippen molar-refractivity contribution in [2.24, 2.45) is 0 Å². The second-order valence-corrected chi connectivity index (χ2v) is 8.03. The van der Waals surface area contributed by atoms with Crippen LogP contribution in [0.2, 0.25) is 0 Å². The normalized spacial score (nSPS) is 16.5. The van der Waals surface area contributed by atoms with E-state index in [1.54, 1.807) is 24.3 Å². The predicted molar refractivity (Wildman–Crippen MR) is 84.6 cm³/mol. The molecule has 1 aliphatic rings. The molecule has 2 N–H and O–H groups in total. The number of amides is 1. The summed E-state index contributed by atoms with van der Waals surface area (Å²) >= 11 is 1.49. The maximum atomic E-state index is 12.0. The first-order chi connectivity index (χ1) is 9.92. The molecule has 1 amide bonds. The van der Waals surface area contributed by atoms with Crippen LogP contribution in [0.15, 0.2) is 29.2 Å². The van der Waals surface area contributed by atoms with E-state index in [4.69, 9.17) is 0 Å². The van der Waals surface area contributed by atoms with Gasteiger partial charge in [0.15, 0.2) is 0 Å². The Kier molecular flexibility index (Phi) is 5.29. The van der Waals surface area contributed by atoms with E-state index < -0.39 is 10.0 Å². The van der Waals surface area contributed by atoms with Gasteiger partial charge in [-0.05, 0) is 43.7 Å². The monoisotopic (exact) mass is 328 g/mol. The first kappa shape index (κ1) is 16.3. The number of carbonyl (C=O) groups excluding carboxylic acids is 1. The van der Waals surface area contributed by atoms with Crippen LogP contribution in [0.5, 0.6) is 0 Å². The van der Waals surface area contributed by atoms with Gasteiger partial charge in [0.2, 0.25) is 15.9 Å². The molecule has 0 saturated heterocycles. The molecule has 0 bridgehead atoms. The third-order valence-corrected chi connectivity index (χ3v) is 5.78. The highest BCUT2D eigenvalue weighted by atomic mass is 32.2. The van der Waals surface area contributed by atoms with E-state index in [2.05, 4.69) is 10.0 Å². The molecule has 7 heteroatoms. The lowest BCUT2D eigenvalue weighted by molar-refractivity contribution is -0.120. The first-order valence-electron chi connectivity index (χ1n) is 6.84. The SMILES string of the molecule is CSC(C)C(=O)NCc1ccc(S(=O)(=O)NC2CC2)cc1. The standard InChI is InChI=1S/C14H20N2O3S2/c1-10(20-2)14(17)15-9-11-3-7-13(8-4-11)21(18,19)16-12-5-6-12/h3-4,7-8,10,12,16H,5-6,9H2,1-2H3,(H,15,17). The quantitative estimate of drug-likeness (QED) is 0.795. The summed E-state index contributed by atoms with van der Waals surface area (Å²) < 4.78 is 26.6. The largest absolute Gasteiger partial charge is 0.351 e. The fourth-order valence-corrected chi connectivity index (χ4v) is 3.32. The molecule has 1 saturated carbocycles. The second-order valence-electron chi connectivity index (χ2n) is 5.14. The lowest BCUT2D eigenvalue weighted by atomic mass is 10.2. The summed E-state index contributed by atoms with van der Waals surface area (Å²) in [5, 5.41) is 2.73. The number of rotatable bonds is 7. The summed E-state index contributed by atoms with van der Waals surface area (Å²) in [6.07, 6.45) is 3.71. The van der Waals surface area contributed by atoms with Gasteiger partial charge in [-0.3, -0.25) is 4.79 Å². The number of nitrogens with one attached hydrogen (secondary N) is 2. The van der Waals surface area contributed by atoms with Crippen molar-refractivity contribution in [3.05, 3.63) is 29.8 Å². The first-order valence-corrected chi connectivity index (χ1v) is 9.61. The Labute approximate surface area is 129 Å². The molecule has 5 nitrogen and oxygen atoms in total. The van der Waals surface area contributed by atoms with Gasteiger partial charge in [0.1, 0.15) is 0 Å². The minimum absolute atomic E-state index is 0.0189. The molecule has 1 aromatic carbocycles. The Morgan fingerprint density at radius 2 is 1.95 bits per heavy atom. The lowest BCUT2D eigenvalue weighted by Crippen LogP contribution is -2.30. The molecular weight excluding hydrogens is 308 g/mol. The molecule has 1 fully saturated rings. The van der Waals surface area contributed by atoms with Gasteiger partial charge in [0.25, 0.3) is 0 Å². The molecule has 1 aliphatic carbocycles. The summed E-state index contributed by atoms with van der Waals surface area (Å²) in [5.74, 6) is -0.0189. The Bertz CT molecular complexity index is 595. The fourth-order valence-electron chi connectivity index (χ4n) is 1.72. The smallest absolute Gasteiger partial charge is 0.240 e. The summed E-state index contributed by atoms with van der Waals surface area (Å²) in [6.45, 7) is 2.25. The minimum Gasteiger partial charge on any atom is -0.351 e. The van der Waals surface area contributed by atoms with Crippen molar-refractivity contribution in [2.75, 3.05) is 6.26 Å². The zero-order valence-corrected chi connectivity index (χ0v) is 13.8. The van der Waals surface area contributed by atoms with E-state index in [9.17, 15) is 13.2 Å². The van der Waals surface area contributed by atoms with Crippen LogP contribution in [0.3, 0.4) is 0 Å². The number of thioether (sulfide) groups is 1. The van der Waals surface area contributed by atoms with Crippen LogP contribution in [0, 0.1) is 0 Å². The Morgan fingerprint density at radius 3 is 2.48 bits per heavy atom. The maximum Gasteiger partial charge on any atom is 0.240 e. The third kappa shape index (κ3) is 4.72. The topological polar surface area (TPSA) is 75.3 Å². The van der Waals surface area contributed by atoms with Gasteiger partial charge in [-0.15, -0.1) is 0 Å². The summed E-state index contributed by atoms with van der Waals surface area (Å²) in [7, 11) is -3.40. The molecule has 2 rings (SSSR count). The summed E-state index contributed by atoms with van der Waals surface area (Å²) in [5.41, 5.74) is 0.877. The van der Waals surface area contributed by atoms with Gasteiger partial charge in [0, 0.05) is 12.6 Å². The third-order valence-electron chi connectivity index (χ3n) is 3.32. The number of hydrogen-bond acceptors (Lipinski definition) is 4. The predicted octanol–water partition coefficient (Wildman–Crippen LogP) is 1.49. The van der Waals surface area contributed by atoms with E-state index >= 15 is 0 Å². The zero-order valence-electron chi connectivity index (χ0n) is 12.1. The molecule has 1 atom stereocenters. The summed E-state index contributed by atoms with van der Waals surface area (Å²) in [6, 6.07) is 6.70. The highest BCUT2D eigenvalue weighted by Gasteiger charge is 2.27. The van der Waals surface area contributed by atoms with Crippen LogP contribution < -0.4 is 10.0 Å². The molecule has 1 unspecified atom stereocenters. The van der Waals surface area contributed by atoms with Gasteiger partial charge in [0.05, 0.1) is 10.1 Å². The van der Waals surface area contributed by atoms with Crippen molar-refractivity contribution in [3.63, 3.8) is 0 Å². The van der Waals surface area contributed by atoms with Gasteiger partial charge in [-0.1, -0.05) is 12.1 Å². The molecule has 21 heavy (non-hydrogen) atoms. The minimum atomic E-state index is -3.40. The highest BCUT2D eigenvalue weighted by molar-refractivity contribution is 7.99. The van der Waals surface area contributed by atoms with Crippen molar-refractivity contribution in [2.45, 2.75) is 42.5 Å². The molecule has 0 aliphatic heterocycles. The number of sulfonamides is 1. The van der Waals surface area contributed by atoms with Crippen molar-refractivity contribution in [1.29, 1.82) is 0 Å². The van der Waals surface area contributed by atoms with Gasteiger partial charge >= 0.3 is 0 Å². The van der Waals surface area contributed by atoms with Crippen molar-refractivity contribution >= 4 is 27.7 Å². The van der Waals surface area contributed by atoms with Gasteiger partial charge < -0.3 is 5.32 Å². The summed E-state index contributed by atoms with van der Waals surface area (Å²) in [4.78, 5) is 11.9. The van der Waals surface area contributed by atoms with E-state index in [1.165, 1.54) is 11.8 Å². The number of carbonyl (C=O) groups is 1. The van der Waals surface area contributed by atoms with Crippen molar-refractivity contribution in [3.8, 4) is 0 Å². The highest BCUT2D eigenvalue weighted by Crippen LogP contribution is 2.22. The Hall–Kier alpha value is -1.05. The fraction of sp³-hybridized carbons (Fsp3) is 0.500. The molecular formula is C14H20N2O3S2. The zero-order chi connectivity index (χ0) is 15.5. The van der Waals surface area contributed by atoms with Crippen LogP contribution in [0.1, 0.15) is 25.3 Å². The maximum absolute atomic E-state index is 12.0. The molecule has 0 spiro atoms. The second kappa shape index (κ2) is 6.81. The van der Waals surface area contributed by atoms with Crippen LogP contribution >= 0.6 is 11.8 Å². The molecule has 0 radical (unpaired) electrons. The van der Waals surface area contributed by atoms with Crippen LogP contribution in [0.4, 0.5) is 0 Å². The van der Waals surface area contributed by atoms with E-state index in [1.807, 2.05) is 13.2 Å². The Morgan fingerprint density at radius 1 is 1.33 bits per heavy atom. The van der Waals surface area contributed by atoms with Crippen LogP contribution in [-0.2, 0) is 21.4 Å². The van der Waals surface area contributed by atoms with Gasteiger partial charge in [-0.2, -0.15) is 11.8 Å². The average molecular weight is 328 g/mol. The molecule has 0 aromatic heterocycles. The average Bonchev–Trinajstić information content (AvgIpc) is 3.27. The number of hydrogen-bond donors (Lipinski definition) is 2. The molecule has 1 aromatic rings. The molecule has 0 heterocycles. The van der Waals surface area contributed by atoms with Crippen molar-refractivity contribution < 1.29 is 13.2 Å². The van der Waals surface area contributed by atoms with Crippen LogP contribution in [-0.4, -0.2) is 31.9 Å². The van der Waals surface area contributed by atoms with Crippen molar-refractivity contribution in [1.82, 2.24) is 10.0 Å². The van der Waals surface area contributed by atoms with E-state index in [-0.39, 0.29) is 22.1 Å². The molecule has 116 valence electrons. The lowest BCUT2D eigenvalue weighted by Gasteiger charge is -2.10.